The van der Waals surface area contributed by atoms with Gasteiger partial charge in [-0.3, -0.25) is 4.21 Å². The second kappa shape index (κ2) is 5.88. The topological polar surface area (TPSA) is 43.1 Å². The lowest BCUT2D eigenvalue weighted by Gasteiger charge is -2.09. The zero-order chi connectivity index (χ0) is 14.0. The Hall–Kier alpha value is -1.13. The fourth-order valence-corrected chi connectivity index (χ4v) is 3.90. The second-order valence-corrected chi connectivity index (χ2v) is 6.79. The first kappa shape index (κ1) is 14.3. The van der Waals surface area contributed by atoms with Gasteiger partial charge in [0.25, 0.3) is 0 Å². The van der Waals surface area contributed by atoms with Crippen LogP contribution in [-0.2, 0) is 16.6 Å². The SMILES string of the molecule is Cc1ccc(C)c(S(=O)Cc2cccc(N)c2Br)c1. The number of benzene rings is 2. The summed E-state index contributed by atoms with van der Waals surface area (Å²) in [6.07, 6.45) is 0. The molecule has 0 aromatic heterocycles. The van der Waals surface area contributed by atoms with Crippen molar-refractivity contribution in [3.63, 3.8) is 0 Å². The zero-order valence-corrected chi connectivity index (χ0v) is 13.3. The smallest absolute Gasteiger partial charge is 0.0577 e. The summed E-state index contributed by atoms with van der Waals surface area (Å²) < 4.78 is 13.3. The highest BCUT2D eigenvalue weighted by atomic mass is 79.9. The van der Waals surface area contributed by atoms with Gasteiger partial charge in [-0.1, -0.05) is 24.3 Å². The molecule has 2 N–H and O–H groups in total. The van der Waals surface area contributed by atoms with Gasteiger partial charge in [0, 0.05) is 15.1 Å². The van der Waals surface area contributed by atoms with Crippen molar-refractivity contribution in [2.45, 2.75) is 24.5 Å². The highest BCUT2D eigenvalue weighted by Gasteiger charge is 2.11. The predicted octanol–water partition coefficient (Wildman–Crippen LogP) is 3.96. The molecule has 1 atom stereocenters. The van der Waals surface area contributed by atoms with Crippen LogP contribution in [0.1, 0.15) is 16.7 Å². The first-order valence-electron chi connectivity index (χ1n) is 5.97. The summed E-state index contributed by atoms with van der Waals surface area (Å²) in [5.74, 6) is 0.468. The van der Waals surface area contributed by atoms with E-state index in [1.54, 1.807) is 0 Å². The summed E-state index contributed by atoms with van der Waals surface area (Å²) in [4.78, 5) is 0.898. The molecule has 2 rings (SSSR count). The van der Waals surface area contributed by atoms with Gasteiger partial charge >= 0.3 is 0 Å². The van der Waals surface area contributed by atoms with E-state index in [0.717, 1.165) is 26.1 Å². The van der Waals surface area contributed by atoms with E-state index in [9.17, 15) is 4.21 Å². The van der Waals surface area contributed by atoms with Crippen LogP contribution >= 0.6 is 15.9 Å². The van der Waals surface area contributed by atoms with Gasteiger partial charge in [0.2, 0.25) is 0 Å². The summed E-state index contributed by atoms with van der Waals surface area (Å²) >= 11 is 3.45. The van der Waals surface area contributed by atoms with Crippen LogP contribution in [0.5, 0.6) is 0 Å². The number of hydrogen-bond donors (Lipinski definition) is 1. The molecule has 100 valence electrons. The van der Waals surface area contributed by atoms with Crippen molar-refractivity contribution in [2.75, 3.05) is 5.73 Å². The predicted molar refractivity (Wildman–Crippen MR) is 84.6 cm³/mol. The molecule has 2 aromatic carbocycles. The lowest BCUT2D eigenvalue weighted by atomic mass is 10.2. The third-order valence-corrected chi connectivity index (χ3v) is 5.45. The Kier molecular flexibility index (Phi) is 4.42. The van der Waals surface area contributed by atoms with Crippen molar-refractivity contribution in [1.29, 1.82) is 0 Å². The molecule has 4 heteroatoms. The number of halogens is 1. The molecule has 0 spiro atoms. The van der Waals surface area contributed by atoms with E-state index in [2.05, 4.69) is 15.9 Å². The molecule has 19 heavy (non-hydrogen) atoms. The number of nitrogens with two attached hydrogens (primary N) is 1. The van der Waals surface area contributed by atoms with Crippen molar-refractivity contribution >= 4 is 32.4 Å². The maximum atomic E-state index is 12.5. The molecule has 2 nitrogen and oxygen atoms in total. The molecular formula is C15H16BrNOS. The Morgan fingerprint density at radius 3 is 2.68 bits per heavy atom. The Labute approximate surface area is 124 Å². The summed E-state index contributed by atoms with van der Waals surface area (Å²) in [6, 6.07) is 11.7. The van der Waals surface area contributed by atoms with Crippen LogP contribution < -0.4 is 5.73 Å². The summed E-state index contributed by atoms with van der Waals surface area (Å²) in [5.41, 5.74) is 9.68. The van der Waals surface area contributed by atoms with Gasteiger partial charge in [-0.05, 0) is 58.6 Å². The molecule has 0 saturated carbocycles. The molecule has 0 aliphatic rings. The highest BCUT2D eigenvalue weighted by molar-refractivity contribution is 9.10. The summed E-state index contributed by atoms with van der Waals surface area (Å²) in [6.45, 7) is 4.00. The molecular weight excluding hydrogens is 322 g/mol. The molecule has 0 aliphatic carbocycles. The highest BCUT2D eigenvalue weighted by Crippen LogP contribution is 2.27. The van der Waals surface area contributed by atoms with Crippen molar-refractivity contribution in [3.05, 3.63) is 57.6 Å². The number of rotatable bonds is 3. The molecule has 2 aromatic rings. The molecule has 0 bridgehead atoms. The lowest BCUT2D eigenvalue weighted by Crippen LogP contribution is -2.01. The minimum absolute atomic E-state index is 0.468. The van der Waals surface area contributed by atoms with E-state index in [-0.39, 0.29) is 0 Å². The Bertz CT molecular complexity index is 640. The normalized spacial score (nSPS) is 12.4. The quantitative estimate of drug-likeness (QED) is 0.861. The van der Waals surface area contributed by atoms with Crippen LogP contribution in [-0.4, -0.2) is 4.21 Å². The Morgan fingerprint density at radius 2 is 1.95 bits per heavy atom. The third-order valence-electron chi connectivity index (χ3n) is 2.98. The van der Waals surface area contributed by atoms with Crippen molar-refractivity contribution in [1.82, 2.24) is 0 Å². The standard InChI is InChI=1S/C15H16BrNOS/c1-10-6-7-11(2)14(8-10)19(18)9-12-4-3-5-13(17)15(12)16/h3-8H,9,17H2,1-2H3. The number of anilines is 1. The minimum atomic E-state index is -1.06. The second-order valence-electron chi connectivity index (χ2n) is 4.58. The van der Waals surface area contributed by atoms with E-state index in [1.807, 2.05) is 50.2 Å². The summed E-state index contributed by atoms with van der Waals surface area (Å²) in [7, 11) is -1.06. The average molecular weight is 338 g/mol. The molecule has 0 radical (unpaired) electrons. The van der Waals surface area contributed by atoms with Crippen LogP contribution in [0, 0.1) is 13.8 Å². The third kappa shape index (κ3) is 3.25. The monoisotopic (exact) mass is 337 g/mol. The first-order valence-corrected chi connectivity index (χ1v) is 8.08. The van der Waals surface area contributed by atoms with Crippen LogP contribution in [0.25, 0.3) is 0 Å². The van der Waals surface area contributed by atoms with E-state index in [4.69, 9.17) is 5.73 Å². The first-order chi connectivity index (χ1) is 8.99. The molecule has 0 saturated heterocycles. The van der Waals surface area contributed by atoms with Gasteiger partial charge in [-0.25, -0.2) is 0 Å². The van der Waals surface area contributed by atoms with E-state index in [1.165, 1.54) is 0 Å². The minimum Gasteiger partial charge on any atom is -0.398 e. The fraction of sp³-hybridized carbons (Fsp3) is 0.200. The lowest BCUT2D eigenvalue weighted by molar-refractivity contribution is 0.682. The molecule has 0 aliphatic heterocycles. The van der Waals surface area contributed by atoms with Gasteiger partial charge in [-0.15, -0.1) is 0 Å². The van der Waals surface area contributed by atoms with Crippen LogP contribution in [0.4, 0.5) is 5.69 Å². The molecule has 1 unspecified atom stereocenters. The Morgan fingerprint density at radius 1 is 1.21 bits per heavy atom. The van der Waals surface area contributed by atoms with Gasteiger partial charge in [-0.2, -0.15) is 0 Å². The van der Waals surface area contributed by atoms with E-state index < -0.39 is 10.8 Å². The van der Waals surface area contributed by atoms with Gasteiger partial charge < -0.3 is 5.73 Å². The van der Waals surface area contributed by atoms with Crippen molar-refractivity contribution < 1.29 is 4.21 Å². The maximum Gasteiger partial charge on any atom is 0.0577 e. The molecule has 0 amide bonds. The molecule has 0 heterocycles. The van der Waals surface area contributed by atoms with Gasteiger partial charge in [0.15, 0.2) is 0 Å². The van der Waals surface area contributed by atoms with Crippen LogP contribution in [0.2, 0.25) is 0 Å². The van der Waals surface area contributed by atoms with Gasteiger partial charge in [0.05, 0.1) is 16.6 Å². The van der Waals surface area contributed by atoms with Crippen molar-refractivity contribution in [2.24, 2.45) is 0 Å². The summed E-state index contributed by atoms with van der Waals surface area (Å²) in [5, 5.41) is 0. The zero-order valence-electron chi connectivity index (χ0n) is 10.9. The average Bonchev–Trinajstić information content (AvgIpc) is 2.38. The largest absolute Gasteiger partial charge is 0.398 e. The van der Waals surface area contributed by atoms with E-state index >= 15 is 0 Å². The fourth-order valence-electron chi connectivity index (χ4n) is 1.88. The Balaban J connectivity index is 2.31. The van der Waals surface area contributed by atoms with Crippen LogP contribution in [0.3, 0.4) is 0 Å². The molecule has 0 fully saturated rings. The van der Waals surface area contributed by atoms with Crippen molar-refractivity contribution in [3.8, 4) is 0 Å². The number of nitrogen functional groups attached to an aromatic ring is 1. The van der Waals surface area contributed by atoms with Crippen LogP contribution in [0.15, 0.2) is 45.8 Å². The van der Waals surface area contributed by atoms with E-state index in [0.29, 0.717) is 11.4 Å². The number of aryl methyl sites for hydroxylation is 2. The number of hydrogen-bond acceptors (Lipinski definition) is 2. The van der Waals surface area contributed by atoms with Gasteiger partial charge in [0.1, 0.15) is 0 Å². The maximum absolute atomic E-state index is 12.5.